The minimum absolute atomic E-state index is 0.142. The van der Waals surface area contributed by atoms with Crippen molar-refractivity contribution < 1.29 is 42.5 Å². The van der Waals surface area contributed by atoms with E-state index in [2.05, 4.69) is 5.32 Å². The van der Waals surface area contributed by atoms with E-state index in [1.165, 1.54) is 0 Å². The van der Waals surface area contributed by atoms with Gasteiger partial charge >= 0.3 is 24.1 Å². The normalized spacial score (nSPS) is 14.4. The summed E-state index contributed by atoms with van der Waals surface area (Å²) in [5, 5.41) is 19.4. The SMILES string of the molecule is CCOC(=O)C[C@H](NCc1ccc(C(=O)O)cc1)C1CC1.O=C(O)C(F)(F)F. The molecule has 0 heterocycles. The fourth-order valence-corrected chi connectivity index (χ4v) is 2.32. The maximum atomic E-state index is 11.6. The van der Waals surface area contributed by atoms with Crippen LogP contribution in [0, 0.1) is 5.92 Å². The second kappa shape index (κ2) is 10.6. The third-order valence-electron chi connectivity index (χ3n) is 3.89. The largest absolute Gasteiger partial charge is 0.490 e. The van der Waals surface area contributed by atoms with Gasteiger partial charge in [-0.2, -0.15) is 13.2 Å². The highest BCUT2D eigenvalue weighted by atomic mass is 19.4. The molecule has 7 nitrogen and oxygen atoms in total. The number of aliphatic carboxylic acids is 1. The first kappa shape index (κ1) is 23.4. The molecule has 156 valence electrons. The maximum Gasteiger partial charge on any atom is 0.490 e. The summed E-state index contributed by atoms with van der Waals surface area (Å²) in [5.74, 6) is -3.30. The molecular formula is C18H22F3NO6. The van der Waals surface area contributed by atoms with Crippen LogP contribution in [-0.2, 0) is 20.9 Å². The molecule has 1 aromatic rings. The Bertz CT molecular complexity index is 671. The number of carbonyl (C=O) groups is 3. The van der Waals surface area contributed by atoms with Gasteiger partial charge in [0.1, 0.15) is 0 Å². The molecule has 3 N–H and O–H groups in total. The molecule has 1 fully saturated rings. The van der Waals surface area contributed by atoms with Gasteiger partial charge in [-0.25, -0.2) is 9.59 Å². The monoisotopic (exact) mass is 405 g/mol. The van der Waals surface area contributed by atoms with Crippen molar-refractivity contribution >= 4 is 17.9 Å². The number of esters is 1. The summed E-state index contributed by atoms with van der Waals surface area (Å²) in [4.78, 5) is 31.3. The molecule has 0 bridgehead atoms. The zero-order valence-electron chi connectivity index (χ0n) is 15.2. The lowest BCUT2D eigenvalue weighted by molar-refractivity contribution is -0.192. The first-order valence-electron chi connectivity index (χ1n) is 8.56. The van der Waals surface area contributed by atoms with Crippen molar-refractivity contribution in [3.8, 4) is 0 Å². The van der Waals surface area contributed by atoms with Gasteiger partial charge in [0, 0.05) is 12.6 Å². The van der Waals surface area contributed by atoms with Gasteiger partial charge in [-0.3, -0.25) is 4.79 Å². The lowest BCUT2D eigenvalue weighted by Gasteiger charge is -2.17. The predicted molar refractivity (Wildman–Crippen MR) is 91.7 cm³/mol. The highest BCUT2D eigenvalue weighted by Gasteiger charge is 2.38. The van der Waals surface area contributed by atoms with E-state index in [1.54, 1.807) is 24.3 Å². The van der Waals surface area contributed by atoms with Crippen molar-refractivity contribution in [2.24, 2.45) is 5.92 Å². The molecule has 0 amide bonds. The van der Waals surface area contributed by atoms with Gasteiger partial charge < -0.3 is 20.3 Å². The Kier molecular flexibility index (Phi) is 8.90. The van der Waals surface area contributed by atoms with E-state index >= 15 is 0 Å². The average molecular weight is 405 g/mol. The molecule has 0 unspecified atom stereocenters. The first-order valence-corrected chi connectivity index (χ1v) is 8.56. The van der Waals surface area contributed by atoms with E-state index < -0.39 is 18.1 Å². The number of nitrogens with one attached hydrogen (secondary N) is 1. The molecular weight excluding hydrogens is 383 g/mol. The van der Waals surface area contributed by atoms with Crippen molar-refractivity contribution in [1.82, 2.24) is 5.32 Å². The van der Waals surface area contributed by atoms with Crippen LogP contribution in [0.5, 0.6) is 0 Å². The zero-order chi connectivity index (χ0) is 21.3. The third-order valence-corrected chi connectivity index (χ3v) is 3.89. The van der Waals surface area contributed by atoms with Gasteiger partial charge in [-0.05, 0) is 43.4 Å². The standard InChI is InChI=1S/C16H21NO4.C2HF3O2/c1-2-21-15(18)9-14(12-7-8-12)17-10-11-3-5-13(6-4-11)16(19)20;3-2(4,5)1(6)7/h3-6,12,14,17H,2,7-10H2,1H3,(H,19,20);(H,6,7)/t14-;/m0./s1. The van der Waals surface area contributed by atoms with Crippen molar-refractivity contribution in [2.45, 2.75) is 44.9 Å². The van der Waals surface area contributed by atoms with Crippen LogP contribution in [0.4, 0.5) is 13.2 Å². The van der Waals surface area contributed by atoms with Crippen LogP contribution in [0.2, 0.25) is 0 Å². The number of hydrogen-bond acceptors (Lipinski definition) is 5. The smallest absolute Gasteiger partial charge is 0.478 e. The fourth-order valence-electron chi connectivity index (χ4n) is 2.32. The number of aromatic carboxylic acids is 1. The molecule has 0 spiro atoms. The quantitative estimate of drug-likeness (QED) is 0.570. The van der Waals surface area contributed by atoms with E-state index in [1.807, 2.05) is 6.92 Å². The lowest BCUT2D eigenvalue weighted by atomic mass is 10.1. The minimum atomic E-state index is -5.08. The van der Waals surface area contributed by atoms with E-state index in [9.17, 15) is 22.8 Å². The number of rotatable bonds is 8. The Balaban J connectivity index is 0.000000480. The predicted octanol–water partition coefficient (Wildman–Crippen LogP) is 2.84. The molecule has 1 atom stereocenters. The summed E-state index contributed by atoms with van der Waals surface area (Å²) in [6, 6.07) is 6.92. The molecule has 1 saturated carbocycles. The van der Waals surface area contributed by atoms with Gasteiger partial charge in [0.2, 0.25) is 0 Å². The Labute approximate surface area is 159 Å². The van der Waals surface area contributed by atoms with Crippen LogP contribution < -0.4 is 5.32 Å². The van der Waals surface area contributed by atoms with Crippen LogP contribution in [-0.4, -0.2) is 46.9 Å². The molecule has 28 heavy (non-hydrogen) atoms. The fraction of sp³-hybridized carbons (Fsp3) is 0.500. The minimum Gasteiger partial charge on any atom is -0.478 e. The maximum absolute atomic E-state index is 11.6. The van der Waals surface area contributed by atoms with Crippen LogP contribution in [0.1, 0.15) is 42.1 Å². The van der Waals surface area contributed by atoms with Gasteiger partial charge in [-0.1, -0.05) is 12.1 Å². The molecule has 0 aliphatic heterocycles. The molecule has 1 aliphatic rings. The van der Waals surface area contributed by atoms with Crippen molar-refractivity contribution in [2.75, 3.05) is 6.61 Å². The summed E-state index contributed by atoms with van der Waals surface area (Å²) < 4.78 is 36.7. The Morgan fingerprint density at radius 3 is 2.11 bits per heavy atom. The van der Waals surface area contributed by atoms with Gasteiger partial charge in [0.05, 0.1) is 18.6 Å². The van der Waals surface area contributed by atoms with Crippen LogP contribution in [0.15, 0.2) is 24.3 Å². The van der Waals surface area contributed by atoms with E-state index in [4.69, 9.17) is 19.7 Å². The third kappa shape index (κ3) is 8.85. The zero-order valence-corrected chi connectivity index (χ0v) is 15.2. The molecule has 1 aliphatic carbocycles. The topological polar surface area (TPSA) is 113 Å². The number of halogens is 3. The molecule has 1 aromatic carbocycles. The number of ether oxygens (including phenoxy) is 1. The van der Waals surface area contributed by atoms with Crippen LogP contribution in [0.3, 0.4) is 0 Å². The number of alkyl halides is 3. The molecule has 0 aromatic heterocycles. The van der Waals surface area contributed by atoms with Crippen LogP contribution in [0.25, 0.3) is 0 Å². The van der Waals surface area contributed by atoms with E-state index in [0.717, 1.165) is 18.4 Å². The number of carboxylic acids is 2. The van der Waals surface area contributed by atoms with Gasteiger partial charge in [0.25, 0.3) is 0 Å². The van der Waals surface area contributed by atoms with Crippen molar-refractivity contribution in [3.05, 3.63) is 35.4 Å². The second-order valence-electron chi connectivity index (χ2n) is 6.14. The summed E-state index contributed by atoms with van der Waals surface area (Å²) in [6.07, 6.45) is -2.39. The Hall–Kier alpha value is -2.62. The van der Waals surface area contributed by atoms with Crippen LogP contribution >= 0.6 is 0 Å². The molecule has 10 heteroatoms. The van der Waals surface area contributed by atoms with Gasteiger partial charge in [-0.15, -0.1) is 0 Å². The molecule has 0 saturated heterocycles. The summed E-state index contributed by atoms with van der Waals surface area (Å²) in [5.41, 5.74) is 1.29. The average Bonchev–Trinajstić information content (AvgIpc) is 3.44. The molecule has 2 rings (SSSR count). The number of carboxylic acid groups (broad SMARTS) is 2. The van der Waals surface area contributed by atoms with Gasteiger partial charge in [0.15, 0.2) is 0 Å². The summed E-state index contributed by atoms with van der Waals surface area (Å²) in [6.45, 7) is 2.84. The van der Waals surface area contributed by atoms with Crippen molar-refractivity contribution in [3.63, 3.8) is 0 Å². The lowest BCUT2D eigenvalue weighted by Crippen LogP contribution is -2.33. The van der Waals surface area contributed by atoms with E-state index in [0.29, 0.717) is 25.5 Å². The summed E-state index contributed by atoms with van der Waals surface area (Å²) in [7, 11) is 0. The number of carbonyl (C=O) groups excluding carboxylic acids is 1. The Morgan fingerprint density at radius 2 is 1.71 bits per heavy atom. The highest BCUT2D eigenvalue weighted by molar-refractivity contribution is 5.87. The number of benzene rings is 1. The highest BCUT2D eigenvalue weighted by Crippen LogP contribution is 2.34. The van der Waals surface area contributed by atoms with E-state index in [-0.39, 0.29) is 17.6 Å². The Morgan fingerprint density at radius 1 is 1.18 bits per heavy atom. The van der Waals surface area contributed by atoms with Crippen molar-refractivity contribution in [1.29, 1.82) is 0 Å². The second-order valence-corrected chi connectivity index (χ2v) is 6.14. The first-order chi connectivity index (χ1) is 13.0. The molecule has 0 radical (unpaired) electrons. The summed E-state index contributed by atoms with van der Waals surface area (Å²) >= 11 is 0. The number of hydrogen-bond donors (Lipinski definition) is 3.